The predicted molar refractivity (Wildman–Crippen MR) is 81.9 cm³/mol. The molecule has 4 nitrogen and oxygen atoms in total. The predicted octanol–water partition coefficient (Wildman–Crippen LogP) is 3.75. The lowest BCUT2D eigenvalue weighted by Crippen LogP contribution is -2.05. The smallest absolute Gasteiger partial charge is 0.263 e. The maximum atomic E-state index is 11.3. The molecule has 104 valence electrons. The van der Waals surface area contributed by atoms with E-state index in [2.05, 4.69) is 9.10 Å². The minimum Gasteiger partial charge on any atom is -0.295 e. The van der Waals surface area contributed by atoms with Gasteiger partial charge in [-0.3, -0.25) is 9.59 Å². The Labute approximate surface area is 125 Å². The number of amides is 1. The molecule has 1 aromatic carbocycles. The van der Waals surface area contributed by atoms with Gasteiger partial charge < -0.3 is 0 Å². The second kappa shape index (κ2) is 5.73. The summed E-state index contributed by atoms with van der Waals surface area (Å²) in [5.41, 5.74) is 2.20. The van der Waals surface area contributed by atoms with Crippen LogP contribution >= 0.6 is 22.5 Å². The van der Waals surface area contributed by atoms with Crippen molar-refractivity contribution in [2.75, 3.05) is 4.72 Å². The summed E-state index contributed by atoms with van der Waals surface area (Å²) < 4.78 is 7.15. The van der Waals surface area contributed by atoms with Gasteiger partial charge in [-0.2, -0.15) is 0 Å². The van der Waals surface area contributed by atoms with Gasteiger partial charge in [-0.1, -0.05) is 23.7 Å². The summed E-state index contributed by atoms with van der Waals surface area (Å²) in [6.07, 6.45) is 0. The molecule has 1 N–H and O–H groups in total. The summed E-state index contributed by atoms with van der Waals surface area (Å²) in [6.45, 7) is 4.77. The molecule has 6 heteroatoms. The minimum atomic E-state index is -0.772. The zero-order valence-electron chi connectivity index (χ0n) is 11.4. The normalized spacial score (nSPS) is 11.3. The van der Waals surface area contributed by atoms with Crippen molar-refractivity contribution in [2.24, 2.45) is 0 Å². The second-order valence-electron chi connectivity index (χ2n) is 4.40. The largest absolute Gasteiger partial charge is 0.295 e. The summed E-state index contributed by atoms with van der Waals surface area (Å²) in [6, 6.07) is 7.14. The number of hydrogen-bond donors (Lipinski definition) is 1. The highest BCUT2D eigenvalue weighted by Gasteiger charge is 2.28. The van der Waals surface area contributed by atoms with Crippen molar-refractivity contribution >= 4 is 34.1 Å². The average Bonchev–Trinajstić information content (AvgIpc) is 2.64. The lowest BCUT2D eigenvalue weighted by molar-refractivity contribution is -0.113. The summed E-state index contributed by atoms with van der Waals surface area (Å²) in [5, 5.41) is 0.553. The first-order valence-corrected chi connectivity index (χ1v) is 7.54. The molecule has 0 saturated carbocycles. The number of aryl methyl sites for hydroxylation is 1. The van der Waals surface area contributed by atoms with Crippen LogP contribution in [0.2, 0.25) is 5.02 Å². The van der Waals surface area contributed by atoms with Crippen molar-refractivity contribution in [1.82, 2.24) is 4.37 Å². The molecular formula is C14H14ClN2O2S+. The molecule has 0 radical (unpaired) electrons. The van der Waals surface area contributed by atoms with Crippen LogP contribution in [0.1, 0.15) is 29.9 Å². The van der Waals surface area contributed by atoms with Gasteiger partial charge in [-0.15, -0.1) is 4.72 Å². The quantitative estimate of drug-likeness (QED) is 0.694. The molecule has 0 saturated heterocycles. The van der Waals surface area contributed by atoms with Gasteiger partial charge in [0, 0.05) is 18.1 Å². The van der Waals surface area contributed by atoms with Gasteiger partial charge in [0.25, 0.3) is 10.8 Å². The maximum absolute atomic E-state index is 11.3. The number of halogens is 1. The molecule has 1 aromatic heterocycles. The maximum Gasteiger partial charge on any atom is 0.263 e. The molecule has 0 aliphatic rings. The monoisotopic (exact) mass is 309 g/mol. The minimum absolute atomic E-state index is 0.0105. The van der Waals surface area contributed by atoms with Crippen LogP contribution in [-0.4, -0.2) is 16.1 Å². The number of Topliss-reactive ketones (excluding diaryl/α,β-unsaturated/α-hetero) is 1. The number of rotatable bonds is 3. The van der Waals surface area contributed by atoms with Gasteiger partial charge in [-0.05, 0) is 30.4 Å². The van der Waals surface area contributed by atoms with Crippen LogP contribution in [0.5, 0.6) is 0 Å². The number of hydrogen-bond acceptors (Lipinski definition) is 3. The first-order valence-electron chi connectivity index (χ1n) is 5.98. The van der Waals surface area contributed by atoms with Gasteiger partial charge in [0.15, 0.2) is 5.78 Å². The lowest BCUT2D eigenvalue weighted by atomic mass is 10.1. The number of carbonyl (C=O) groups excluding carboxylic acids is 2. The van der Waals surface area contributed by atoms with E-state index in [1.807, 2.05) is 12.1 Å². The van der Waals surface area contributed by atoms with E-state index in [4.69, 9.17) is 11.6 Å². The Morgan fingerprint density at radius 1 is 1.20 bits per heavy atom. The molecule has 0 fully saturated rings. The van der Waals surface area contributed by atoms with E-state index in [9.17, 15) is 9.59 Å². The summed E-state index contributed by atoms with van der Waals surface area (Å²) in [4.78, 5) is 23.3. The van der Waals surface area contributed by atoms with Crippen molar-refractivity contribution < 1.29 is 9.59 Å². The van der Waals surface area contributed by atoms with Crippen LogP contribution in [-0.2, 0) is 4.79 Å². The standard InChI is InChI=1S/C14H13ClN2O2S/c1-8-13(15)14(20(16-8)17-10(3)19)12-6-4-11(5-7-12)9(2)18/h4-7H,1-3H3/p+1. The van der Waals surface area contributed by atoms with Crippen molar-refractivity contribution in [3.05, 3.63) is 40.5 Å². The van der Waals surface area contributed by atoms with E-state index in [1.165, 1.54) is 13.8 Å². The molecule has 0 spiro atoms. The van der Waals surface area contributed by atoms with Crippen molar-refractivity contribution in [3.8, 4) is 10.4 Å². The van der Waals surface area contributed by atoms with E-state index in [-0.39, 0.29) is 11.7 Å². The van der Waals surface area contributed by atoms with Crippen LogP contribution in [0.15, 0.2) is 24.3 Å². The van der Waals surface area contributed by atoms with Gasteiger partial charge in [0.1, 0.15) is 10.7 Å². The Morgan fingerprint density at radius 2 is 1.80 bits per heavy atom. The summed E-state index contributed by atoms with van der Waals surface area (Å²) >= 11 is 6.28. The molecule has 0 aliphatic heterocycles. The Hall–Kier alpha value is -1.72. The highest BCUT2D eigenvalue weighted by atomic mass is 35.5. The first kappa shape index (κ1) is 14.7. The number of nitrogens with zero attached hydrogens (tertiary/aromatic N) is 1. The Kier molecular flexibility index (Phi) is 4.20. The molecule has 0 aliphatic carbocycles. The van der Waals surface area contributed by atoms with Crippen LogP contribution in [0.25, 0.3) is 10.4 Å². The van der Waals surface area contributed by atoms with E-state index < -0.39 is 10.9 Å². The Balaban J connectivity index is 2.50. The summed E-state index contributed by atoms with van der Waals surface area (Å²) in [7, 11) is -0.772. The van der Waals surface area contributed by atoms with Crippen LogP contribution in [0.4, 0.5) is 0 Å². The molecule has 20 heavy (non-hydrogen) atoms. The number of benzene rings is 1. The van der Waals surface area contributed by atoms with Crippen molar-refractivity contribution in [3.63, 3.8) is 0 Å². The third-order valence-corrected chi connectivity index (χ3v) is 5.07. The highest BCUT2D eigenvalue weighted by molar-refractivity contribution is 7.33. The van der Waals surface area contributed by atoms with E-state index in [0.717, 1.165) is 10.4 Å². The fourth-order valence-electron chi connectivity index (χ4n) is 1.78. The van der Waals surface area contributed by atoms with Crippen molar-refractivity contribution in [2.45, 2.75) is 20.8 Å². The van der Waals surface area contributed by atoms with Crippen LogP contribution < -0.4 is 4.72 Å². The van der Waals surface area contributed by atoms with E-state index in [0.29, 0.717) is 16.3 Å². The molecule has 1 amide bonds. The van der Waals surface area contributed by atoms with E-state index >= 15 is 0 Å². The number of nitrogens with one attached hydrogen (secondary N) is 1. The van der Waals surface area contributed by atoms with Crippen LogP contribution in [0.3, 0.4) is 0 Å². The molecule has 1 unspecified atom stereocenters. The molecule has 1 atom stereocenters. The van der Waals surface area contributed by atoms with Crippen LogP contribution in [0, 0.1) is 6.92 Å². The molecular weight excluding hydrogens is 296 g/mol. The van der Waals surface area contributed by atoms with Crippen molar-refractivity contribution in [1.29, 1.82) is 0 Å². The fraction of sp³-hybridized carbons (Fsp3) is 0.214. The number of ketones is 1. The lowest BCUT2D eigenvalue weighted by Gasteiger charge is -1.98. The third kappa shape index (κ3) is 2.89. The zero-order chi connectivity index (χ0) is 14.9. The number of aromatic nitrogens is 1. The van der Waals surface area contributed by atoms with Gasteiger partial charge in [0.2, 0.25) is 10.9 Å². The molecule has 1 heterocycles. The molecule has 2 aromatic rings. The average molecular weight is 310 g/mol. The fourth-order valence-corrected chi connectivity index (χ4v) is 3.75. The third-order valence-electron chi connectivity index (χ3n) is 2.73. The topological polar surface area (TPSA) is 59.1 Å². The molecule has 0 bridgehead atoms. The molecule has 2 rings (SSSR count). The second-order valence-corrected chi connectivity index (χ2v) is 6.14. The number of carbonyl (C=O) groups is 2. The summed E-state index contributed by atoms with van der Waals surface area (Å²) in [5.74, 6) is -0.148. The van der Waals surface area contributed by atoms with Gasteiger partial charge in [-0.25, -0.2) is 0 Å². The van der Waals surface area contributed by atoms with Gasteiger partial charge in [0.05, 0.1) is 0 Å². The van der Waals surface area contributed by atoms with E-state index in [1.54, 1.807) is 19.1 Å². The Morgan fingerprint density at radius 3 is 2.30 bits per heavy atom. The highest BCUT2D eigenvalue weighted by Crippen LogP contribution is 2.39. The first-order chi connectivity index (χ1) is 9.40. The SMILES string of the molecule is CC(=O)N[s+]1nc(C)c(Cl)c1-c1ccc(C(C)=O)cc1. The zero-order valence-corrected chi connectivity index (χ0v) is 12.9. The van der Waals surface area contributed by atoms with Gasteiger partial charge >= 0.3 is 0 Å². The Bertz CT molecular complexity index is 677.